The zero-order valence-corrected chi connectivity index (χ0v) is 13.0. The van der Waals surface area contributed by atoms with Crippen LogP contribution in [0, 0.1) is 0 Å². The van der Waals surface area contributed by atoms with Gasteiger partial charge in [0.05, 0.1) is 0 Å². The Balaban J connectivity index is 2.13. The summed E-state index contributed by atoms with van der Waals surface area (Å²) >= 11 is 6.10. The Morgan fingerprint density at radius 2 is 1.71 bits per heavy atom. The van der Waals surface area contributed by atoms with Crippen molar-refractivity contribution in [1.82, 2.24) is 0 Å². The highest BCUT2D eigenvalue weighted by Crippen LogP contribution is 2.25. The van der Waals surface area contributed by atoms with Gasteiger partial charge in [0, 0.05) is 25.7 Å². The molecule has 4 heteroatoms. The van der Waals surface area contributed by atoms with Crippen molar-refractivity contribution in [1.29, 1.82) is 0 Å². The molecule has 0 aliphatic heterocycles. The lowest BCUT2D eigenvalue weighted by atomic mass is 10.0. The molecular weight excluding hydrogens is 288 g/mol. The summed E-state index contributed by atoms with van der Waals surface area (Å²) in [6.45, 7) is 0.330. The van der Waals surface area contributed by atoms with Crippen molar-refractivity contribution in [2.45, 2.75) is 12.7 Å². The first kappa shape index (κ1) is 15.8. The number of benzene rings is 2. The number of hydrogen-bond acceptors (Lipinski definition) is 3. The molecule has 0 unspecified atom stereocenters. The Hall–Kier alpha value is -1.55. The van der Waals surface area contributed by atoms with Crippen molar-refractivity contribution in [2.24, 2.45) is 0 Å². The summed E-state index contributed by atoms with van der Waals surface area (Å²) in [6, 6.07) is 15.8. The van der Waals surface area contributed by atoms with Gasteiger partial charge in [0.2, 0.25) is 0 Å². The molecule has 112 valence electrons. The van der Waals surface area contributed by atoms with Gasteiger partial charge in [-0.25, -0.2) is 0 Å². The van der Waals surface area contributed by atoms with Crippen molar-refractivity contribution in [3.8, 4) is 5.75 Å². The molecule has 2 aromatic carbocycles. The molecule has 0 saturated heterocycles. The van der Waals surface area contributed by atoms with Crippen molar-refractivity contribution >= 4 is 11.6 Å². The van der Waals surface area contributed by atoms with Gasteiger partial charge in [0.15, 0.2) is 6.29 Å². The fraction of sp³-hybridized carbons (Fsp3) is 0.294. The Kier molecular flexibility index (Phi) is 6.05. The Bertz CT molecular complexity index is 553. The molecule has 0 atom stereocenters. The fourth-order valence-electron chi connectivity index (χ4n) is 2.03. The lowest BCUT2D eigenvalue weighted by Gasteiger charge is -2.17. The fourth-order valence-corrected chi connectivity index (χ4v) is 2.23. The number of methoxy groups -OCH3 is 2. The summed E-state index contributed by atoms with van der Waals surface area (Å²) in [6.07, 6.45) is 0.381. The third kappa shape index (κ3) is 4.74. The van der Waals surface area contributed by atoms with Gasteiger partial charge in [-0.2, -0.15) is 0 Å². The highest BCUT2D eigenvalue weighted by molar-refractivity contribution is 6.30. The minimum atomic E-state index is -0.384. The van der Waals surface area contributed by atoms with E-state index in [0.29, 0.717) is 11.6 Å². The Morgan fingerprint density at radius 1 is 1.00 bits per heavy atom. The third-order valence-electron chi connectivity index (χ3n) is 3.16. The summed E-state index contributed by atoms with van der Waals surface area (Å²) in [5.74, 6) is 0.794. The van der Waals surface area contributed by atoms with Crippen LogP contribution in [0.15, 0.2) is 48.5 Å². The van der Waals surface area contributed by atoms with Gasteiger partial charge in [-0.3, -0.25) is 0 Å². The lowest BCUT2D eigenvalue weighted by molar-refractivity contribution is -0.122. The van der Waals surface area contributed by atoms with E-state index >= 15 is 0 Å². The Morgan fingerprint density at radius 3 is 2.38 bits per heavy atom. The predicted octanol–water partition coefficient (Wildman–Crippen LogP) is 3.93. The van der Waals surface area contributed by atoms with Crippen molar-refractivity contribution < 1.29 is 14.2 Å². The van der Waals surface area contributed by atoms with Gasteiger partial charge in [-0.1, -0.05) is 41.9 Å². The minimum Gasteiger partial charge on any atom is -0.488 e. The van der Waals surface area contributed by atoms with E-state index in [4.69, 9.17) is 25.8 Å². The van der Waals surface area contributed by atoms with Crippen LogP contribution in [0.5, 0.6) is 5.75 Å². The topological polar surface area (TPSA) is 27.7 Å². The molecule has 0 radical (unpaired) electrons. The molecule has 0 saturated carbocycles. The van der Waals surface area contributed by atoms with E-state index in [1.165, 1.54) is 5.56 Å². The smallest absolute Gasteiger partial charge is 0.191 e. The summed E-state index contributed by atoms with van der Waals surface area (Å²) < 4.78 is 16.1. The number of hydrogen-bond donors (Lipinski definition) is 0. The van der Waals surface area contributed by atoms with E-state index in [-0.39, 0.29) is 6.29 Å². The maximum Gasteiger partial charge on any atom is 0.191 e. The largest absolute Gasteiger partial charge is 0.488 e. The summed E-state index contributed by atoms with van der Waals surface area (Å²) in [5, 5.41) is 0.698. The average molecular weight is 307 g/mol. The first-order chi connectivity index (χ1) is 10.2. The van der Waals surface area contributed by atoms with Crippen LogP contribution in [-0.2, 0) is 15.9 Å². The maximum atomic E-state index is 6.10. The lowest BCUT2D eigenvalue weighted by Crippen LogP contribution is -2.22. The zero-order valence-electron chi connectivity index (χ0n) is 12.2. The highest BCUT2D eigenvalue weighted by Gasteiger charge is 2.10. The van der Waals surface area contributed by atoms with Gasteiger partial charge in [0.25, 0.3) is 0 Å². The molecule has 0 heterocycles. The standard InChI is InChI=1S/C17H19ClO3/c1-19-17(20-2)12-21-16-9-8-15(18)11-14(16)10-13-6-4-3-5-7-13/h3-9,11,17H,10,12H2,1-2H3. The van der Waals surface area contributed by atoms with Crippen molar-refractivity contribution in [3.63, 3.8) is 0 Å². The summed E-state index contributed by atoms with van der Waals surface area (Å²) in [5.41, 5.74) is 2.25. The second kappa shape index (κ2) is 8.03. The average Bonchev–Trinajstić information content (AvgIpc) is 2.51. The normalized spacial score (nSPS) is 10.9. The molecular formula is C17H19ClO3. The van der Waals surface area contributed by atoms with Crippen molar-refractivity contribution in [3.05, 3.63) is 64.7 Å². The first-order valence-corrected chi connectivity index (χ1v) is 7.11. The van der Waals surface area contributed by atoms with Gasteiger partial charge in [0.1, 0.15) is 12.4 Å². The number of rotatable bonds is 7. The van der Waals surface area contributed by atoms with E-state index in [1.54, 1.807) is 14.2 Å². The van der Waals surface area contributed by atoms with Crippen LogP contribution >= 0.6 is 11.6 Å². The second-order valence-corrected chi connectivity index (χ2v) is 5.06. The Labute approximate surface area is 130 Å². The van der Waals surface area contributed by atoms with Gasteiger partial charge in [-0.15, -0.1) is 0 Å². The highest BCUT2D eigenvalue weighted by atomic mass is 35.5. The molecule has 0 aliphatic rings. The van der Waals surface area contributed by atoms with E-state index < -0.39 is 0 Å². The van der Waals surface area contributed by atoms with Gasteiger partial charge >= 0.3 is 0 Å². The molecule has 0 aromatic heterocycles. The molecule has 0 bridgehead atoms. The molecule has 21 heavy (non-hydrogen) atoms. The first-order valence-electron chi connectivity index (χ1n) is 6.73. The molecule has 0 N–H and O–H groups in total. The molecule has 2 rings (SSSR count). The van der Waals surface area contributed by atoms with Crippen LogP contribution in [0.4, 0.5) is 0 Å². The summed E-state index contributed by atoms with van der Waals surface area (Å²) in [7, 11) is 3.18. The zero-order chi connectivity index (χ0) is 15.1. The van der Waals surface area contributed by atoms with Crippen LogP contribution < -0.4 is 4.74 Å². The quantitative estimate of drug-likeness (QED) is 0.725. The SMILES string of the molecule is COC(COc1ccc(Cl)cc1Cc1ccccc1)OC. The maximum absolute atomic E-state index is 6.10. The minimum absolute atomic E-state index is 0.330. The van der Waals surface area contributed by atoms with Crippen LogP contribution in [0.2, 0.25) is 5.02 Å². The van der Waals surface area contributed by atoms with E-state index in [1.807, 2.05) is 36.4 Å². The van der Waals surface area contributed by atoms with Gasteiger partial charge in [-0.05, 0) is 29.3 Å². The molecule has 2 aromatic rings. The van der Waals surface area contributed by atoms with E-state index in [2.05, 4.69) is 12.1 Å². The molecule has 0 aliphatic carbocycles. The molecule has 0 amide bonds. The van der Waals surface area contributed by atoms with Crippen molar-refractivity contribution in [2.75, 3.05) is 20.8 Å². The molecule has 3 nitrogen and oxygen atoms in total. The second-order valence-electron chi connectivity index (χ2n) is 4.63. The van der Waals surface area contributed by atoms with E-state index in [0.717, 1.165) is 17.7 Å². The predicted molar refractivity (Wildman–Crippen MR) is 84.0 cm³/mol. The number of ether oxygens (including phenoxy) is 3. The van der Waals surface area contributed by atoms with Crippen LogP contribution in [0.25, 0.3) is 0 Å². The monoisotopic (exact) mass is 306 g/mol. The van der Waals surface area contributed by atoms with E-state index in [9.17, 15) is 0 Å². The number of halogens is 1. The molecule has 0 spiro atoms. The third-order valence-corrected chi connectivity index (χ3v) is 3.40. The van der Waals surface area contributed by atoms with Gasteiger partial charge < -0.3 is 14.2 Å². The van der Waals surface area contributed by atoms with Crippen LogP contribution in [-0.4, -0.2) is 27.1 Å². The van der Waals surface area contributed by atoms with Crippen LogP contribution in [0.1, 0.15) is 11.1 Å². The van der Waals surface area contributed by atoms with Crippen LogP contribution in [0.3, 0.4) is 0 Å². The summed E-state index contributed by atoms with van der Waals surface area (Å²) in [4.78, 5) is 0. The molecule has 0 fully saturated rings.